The number of benzene rings is 1. The van der Waals surface area contributed by atoms with Crippen LogP contribution in [0.25, 0.3) is 0 Å². The van der Waals surface area contributed by atoms with Gasteiger partial charge in [0.05, 0.1) is 5.75 Å². The third-order valence-corrected chi connectivity index (χ3v) is 3.71. The average Bonchev–Trinajstić information content (AvgIpc) is 2.15. The first-order valence-electron chi connectivity index (χ1n) is 5.05. The van der Waals surface area contributed by atoms with Crippen molar-refractivity contribution in [1.29, 1.82) is 0 Å². The molecule has 0 unspecified atom stereocenters. The predicted octanol–water partition coefficient (Wildman–Crippen LogP) is 2.14. The van der Waals surface area contributed by atoms with Crippen molar-refractivity contribution >= 4 is 25.8 Å². The maximum atomic E-state index is 11.0. The lowest BCUT2D eigenvalue weighted by Crippen LogP contribution is -2.25. The molecule has 90 valence electrons. The molecule has 0 amide bonds. The van der Waals surface area contributed by atoms with E-state index in [-0.39, 0.29) is 11.8 Å². The largest absolute Gasteiger partial charge is 0.309 e. The van der Waals surface area contributed by atoms with Crippen LogP contribution in [0.2, 0.25) is 0 Å². The van der Waals surface area contributed by atoms with E-state index in [0.717, 1.165) is 10.0 Å². The van der Waals surface area contributed by atoms with Gasteiger partial charge in [-0.15, -0.1) is 0 Å². The smallest absolute Gasteiger partial charge is 0.148 e. The predicted molar refractivity (Wildman–Crippen MR) is 70.3 cm³/mol. The molecule has 1 aromatic carbocycles. The summed E-state index contributed by atoms with van der Waals surface area (Å²) in [5.41, 5.74) is 1.14. The first-order chi connectivity index (χ1) is 7.38. The highest BCUT2D eigenvalue weighted by atomic mass is 79.9. The van der Waals surface area contributed by atoms with Crippen LogP contribution in [0, 0.1) is 0 Å². The Labute approximate surface area is 105 Å². The van der Waals surface area contributed by atoms with Crippen molar-refractivity contribution in [3.8, 4) is 0 Å². The number of rotatable bonds is 5. The van der Waals surface area contributed by atoms with E-state index >= 15 is 0 Å². The molecule has 1 N–H and O–H groups in total. The van der Waals surface area contributed by atoms with Crippen LogP contribution in [0.1, 0.15) is 18.5 Å². The highest BCUT2D eigenvalue weighted by Crippen LogP contribution is 2.17. The summed E-state index contributed by atoms with van der Waals surface area (Å²) >= 11 is 3.41. The van der Waals surface area contributed by atoms with Gasteiger partial charge in [0.2, 0.25) is 0 Å². The van der Waals surface area contributed by atoms with Crippen LogP contribution in [-0.2, 0) is 9.84 Å². The molecule has 5 heteroatoms. The lowest BCUT2D eigenvalue weighted by Gasteiger charge is -2.14. The van der Waals surface area contributed by atoms with Crippen molar-refractivity contribution in [3.63, 3.8) is 0 Å². The van der Waals surface area contributed by atoms with Crippen LogP contribution in [-0.4, -0.2) is 27.0 Å². The van der Waals surface area contributed by atoms with Gasteiger partial charge in [-0.2, -0.15) is 0 Å². The molecule has 3 nitrogen and oxygen atoms in total. The minimum absolute atomic E-state index is 0.152. The summed E-state index contributed by atoms with van der Waals surface area (Å²) in [5.74, 6) is 0.172. The summed E-state index contributed by atoms with van der Waals surface area (Å²) in [5, 5.41) is 3.18. The van der Waals surface area contributed by atoms with Crippen LogP contribution in [0.4, 0.5) is 0 Å². The molecular formula is C11H16BrNO2S. The maximum Gasteiger partial charge on any atom is 0.148 e. The molecule has 1 atom stereocenters. The quantitative estimate of drug-likeness (QED) is 0.906. The van der Waals surface area contributed by atoms with Gasteiger partial charge in [-0.1, -0.05) is 28.1 Å². The molecule has 16 heavy (non-hydrogen) atoms. The molecule has 0 aliphatic carbocycles. The Morgan fingerprint density at radius 1 is 1.44 bits per heavy atom. The van der Waals surface area contributed by atoms with Crippen LogP contribution >= 0.6 is 15.9 Å². The Morgan fingerprint density at radius 3 is 2.69 bits per heavy atom. The standard InChI is InChI=1S/C11H16BrNO2S/c1-9(13-6-7-16(2,14)15)10-4-3-5-11(12)8-10/h3-5,8-9,13H,6-7H2,1-2H3/t9-/m0/s1. The third-order valence-electron chi connectivity index (χ3n) is 2.27. The summed E-state index contributed by atoms with van der Waals surface area (Å²) in [6, 6.07) is 8.13. The van der Waals surface area contributed by atoms with Gasteiger partial charge in [-0.05, 0) is 24.6 Å². The van der Waals surface area contributed by atoms with E-state index in [4.69, 9.17) is 0 Å². The van der Waals surface area contributed by atoms with Crippen LogP contribution in [0.15, 0.2) is 28.7 Å². The minimum atomic E-state index is -2.88. The fraction of sp³-hybridized carbons (Fsp3) is 0.455. The molecule has 1 rings (SSSR count). The van der Waals surface area contributed by atoms with Crippen LogP contribution in [0.3, 0.4) is 0 Å². The monoisotopic (exact) mass is 305 g/mol. The molecule has 0 bridgehead atoms. The Morgan fingerprint density at radius 2 is 2.12 bits per heavy atom. The molecule has 0 saturated carbocycles. The van der Waals surface area contributed by atoms with Crippen molar-refractivity contribution in [1.82, 2.24) is 5.32 Å². The van der Waals surface area contributed by atoms with Crippen molar-refractivity contribution in [3.05, 3.63) is 34.3 Å². The fourth-order valence-corrected chi connectivity index (χ4v) is 2.26. The molecular weight excluding hydrogens is 290 g/mol. The number of hydrogen-bond donors (Lipinski definition) is 1. The van der Waals surface area contributed by atoms with E-state index < -0.39 is 9.84 Å². The van der Waals surface area contributed by atoms with Gasteiger partial charge in [0.15, 0.2) is 0 Å². The van der Waals surface area contributed by atoms with E-state index in [9.17, 15) is 8.42 Å². The highest BCUT2D eigenvalue weighted by molar-refractivity contribution is 9.10. The molecule has 0 aliphatic rings. The Balaban J connectivity index is 2.50. The molecule has 0 spiro atoms. The zero-order valence-electron chi connectivity index (χ0n) is 9.40. The Hall–Kier alpha value is -0.390. The minimum Gasteiger partial charge on any atom is -0.309 e. The number of hydrogen-bond acceptors (Lipinski definition) is 3. The van der Waals surface area contributed by atoms with Gasteiger partial charge in [0.1, 0.15) is 9.84 Å². The molecule has 0 aromatic heterocycles. The van der Waals surface area contributed by atoms with Gasteiger partial charge in [0.25, 0.3) is 0 Å². The van der Waals surface area contributed by atoms with Gasteiger partial charge in [-0.3, -0.25) is 0 Å². The van der Waals surface area contributed by atoms with Gasteiger partial charge >= 0.3 is 0 Å². The van der Waals surface area contributed by atoms with Crippen molar-refractivity contribution in [2.45, 2.75) is 13.0 Å². The van der Waals surface area contributed by atoms with E-state index in [1.807, 2.05) is 31.2 Å². The van der Waals surface area contributed by atoms with Crippen molar-refractivity contribution < 1.29 is 8.42 Å². The zero-order valence-corrected chi connectivity index (χ0v) is 11.8. The second-order valence-electron chi connectivity index (χ2n) is 3.86. The molecule has 0 aliphatic heterocycles. The van der Waals surface area contributed by atoms with E-state index in [2.05, 4.69) is 21.2 Å². The van der Waals surface area contributed by atoms with E-state index in [1.54, 1.807) is 0 Å². The second-order valence-corrected chi connectivity index (χ2v) is 7.04. The highest BCUT2D eigenvalue weighted by Gasteiger charge is 2.07. The average molecular weight is 306 g/mol. The molecule has 0 saturated heterocycles. The molecule has 0 radical (unpaired) electrons. The maximum absolute atomic E-state index is 11.0. The second kappa shape index (κ2) is 5.80. The summed E-state index contributed by atoms with van der Waals surface area (Å²) in [7, 11) is -2.88. The number of nitrogens with one attached hydrogen (secondary N) is 1. The van der Waals surface area contributed by atoms with Gasteiger partial charge in [0, 0.05) is 23.3 Å². The normalized spacial score (nSPS) is 13.7. The Kier molecular flexibility index (Phi) is 4.95. The van der Waals surface area contributed by atoms with Crippen LogP contribution < -0.4 is 5.32 Å². The number of halogens is 1. The van der Waals surface area contributed by atoms with Gasteiger partial charge in [-0.25, -0.2) is 8.42 Å². The fourth-order valence-electron chi connectivity index (χ4n) is 1.35. The van der Waals surface area contributed by atoms with E-state index in [1.165, 1.54) is 6.26 Å². The third kappa shape index (κ3) is 5.09. The molecule has 0 heterocycles. The summed E-state index contributed by atoms with van der Waals surface area (Å²) in [6.45, 7) is 2.50. The summed E-state index contributed by atoms with van der Waals surface area (Å²) in [4.78, 5) is 0. The van der Waals surface area contributed by atoms with Crippen LogP contribution in [0.5, 0.6) is 0 Å². The lowest BCUT2D eigenvalue weighted by atomic mass is 10.1. The van der Waals surface area contributed by atoms with Crippen molar-refractivity contribution in [2.24, 2.45) is 0 Å². The first-order valence-corrected chi connectivity index (χ1v) is 7.90. The lowest BCUT2D eigenvalue weighted by molar-refractivity contribution is 0.575. The SMILES string of the molecule is C[C@H](NCCS(C)(=O)=O)c1cccc(Br)c1. The Bertz CT molecular complexity index is 445. The summed E-state index contributed by atoms with van der Waals surface area (Å²) < 4.78 is 22.9. The molecule has 0 fully saturated rings. The topological polar surface area (TPSA) is 46.2 Å². The number of sulfone groups is 1. The zero-order chi connectivity index (χ0) is 12.2. The first kappa shape index (κ1) is 13.7. The molecule has 1 aromatic rings. The van der Waals surface area contributed by atoms with E-state index in [0.29, 0.717) is 6.54 Å². The van der Waals surface area contributed by atoms with Crippen molar-refractivity contribution in [2.75, 3.05) is 18.6 Å². The van der Waals surface area contributed by atoms with Gasteiger partial charge < -0.3 is 5.32 Å². The summed E-state index contributed by atoms with van der Waals surface area (Å²) in [6.07, 6.45) is 1.25.